The summed E-state index contributed by atoms with van der Waals surface area (Å²) in [6, 6.07) is 14.9. The summed E-state index contributed by atoms with van der Waals surface area (Å²) in [6.45, 7) is 6.07. The molecule has 1 amide bonds. The summed E-state index contributed by atoms with van der Waals surface area (Å²) in [5.41, 5.74) is 5.21. The predicted octanol–water partition coefficient (Wildman–Crippen LogP) is 3.93. The third-order valence-electron chi connectivity index (χ3n) is 5.19. The van der Waals surface area contributed by atoms with E-state index in [-0.39, 0.29) is 17.2 Å². The van der Waals surface area contributed by atoms with Gasteiger partial charge in [0.25, 0.3) is 5.56 Å². The number of aryl methyl sites for hydroxylation is 3. The standard InChI is InChI=1S/C24H24N6O2S/c1-4-18-12-21(31)28-23(27-18)17-6-5-7-19(11-17)26-22(32)13-33-24-29-25-14-30(24)20-9-8-15(2)16(3)10-20/h5-12,14H,4,13H2,1-3H3,(H,26,32)(H,27,28,31). The highest BCUT2D eigenvalue weighted by Crippen LogP contribution is 2.23. The molecule has 2 aromatic carbocycles. The zero-order valence-electron chi connectivity index (χ0n) is 18.6. The highest BCUT2D eigenvalue weighted by Gasteiger charge is 2.12. The van der Waals surface area contributed by atoms with Crippen molar-refractivity contribution in [2.75, 3.05) is 11.1 Å². The number of rotatable bonds is 7. The fourth-order valence-electron chi connectivity index (χ4n) is 3.27. The second kappa shape index (κ2) is 9.83. The van der Waals surface area contributed by atoms with Crippen molar-refractivity contribution in [1.82, 2.24) is 24.7 Å². The van der Waals surface area contributed by atoms with E-state index in [0.29, 0.717) is 28.8 Å². The van der Waals surface area contributed by atoms with Crippen LogP contribution in [0.2, 0.25) is 0 Å². The second-order valence-electron chi connectivity index (χ2n) is 7.61. The first-order valence-corrected chi connectivity index (χ1v) is 11.5. The Morgan fingerprint density at radius 1 is 1.12 bits per heavy atom. The van der Waals surface area contributed by atoms with Crippen molar-refractivity contribution in [2.24, 2.45) is 0 Å². The molecule has 4 rings (SSSR count). The number of carbonyl (C=O) groups excluding carboxylic acids is 1. The molecule has 0 saturated heterocycles. The molecule has 0 fully saturated rings. The van der Waals surface area contributed by atoms with Gasteiger partial charge in [0.15, 0.2) is 5.16 Å². The third-order valence-corrected chi connectivity index (χ3v) is 6.14. The highest BCUT2D eigenvalue weighted by atomic mass is 32.2. The van der Waals surface area contributed by atoms with Crippen LogP contribution in [0, 0.1) is 13.8 Å². The van der Waals surface area contributed by atoms with Crippen LogP contribution in [0.25, 0.3) is 17.1 Å². The average Bonchev–Trinajstić information content (AvgIpc) is 3.28. The number of aromatic nitrogens is 5. The highest BCUT2D eigenvalue weighted by molar-refractivity contribution is 7.99. The molecule has 0 spiro atoms. The van der Waals surface area contributed by atoms with Gasteiger partial charge in [-0.3, -0.25) is 14.2 Å². The van der Waals surface area contributed by atoms with Gasteiger partial charge >= 0.3 is 0 Å². The van der Waals surface area contributed by atoms with E-state index in [1.54, 1.807) is 18.5 Å². The molecule has 0 aliphatic carbocycles. The molecular weight excluding hydrogens is 436 g/mol. The van der Waals surface area contributed by atoms with Gasteiger partial charge in [-0.2, -0.15) is 0 Å². The fourth-order valence-corrected chi connectivity index (χ4v) is 4.00. The fraction of sp³-hybridized carbons (Fsp3) is 0.208. The predicted molar refractivity (Wildman–Crippen MR) is 130 cm³/mol. The van der Waals surface area contributed by atoms with Gasteiger partial charge in [0.2, 0.25) is 5.91 Å². The van der Waals surface area contributed by atoms with Crippen LogP contribution in [0.3, 0.4) is 0 Å². The van der Waals surface area contributed by atoms with Crippen LogP contribution in [0.1, 0.15) is 23.7 Å². The number of carbonyl (C=O) groups is 1. The number of nitrogens with zero attached hydrogens (tertiary/aromatic N) is 4. The Balaban J connectivity index is 1.44. The number of anilines is 1. The molecular formula is C24H24N6O2S. The first-order chi connectivity index (χ1) is 15.9. The van der Waals surface area contributed by atoms with Gasteiger partial charge in [-0.1, -0.05) is 36.9 Å². The first kappa shape index (κ1) is 22.5. The Bertz CT molecular complexity index is 1360. The van der Waals surface area contributed by atoms with Gasteiger partial charge in [-0.15, -0.1) is 10.2 Å². The lowest BCUT2D eigenvalue weighted by molar-refractivity contribution is -0.113. The van der Waals surface area contributed by atoms with Crippen molar-refractivity contribution in [3.63, 3.8) is 0 Å². The molecule has 0 saturated carbocycles. The maximum Gasteiger partial charge on any atom is 0.251 e. The molecule has 0 unspecified atom stereocenters. The normalized spacial score (nSPS) is 10.9. The van der Waals surface area contributed by atoms with Crippen molar-refractivity contribution in [2.45, 2.75) is 32.3 Å². The summed E-state index contributed by atoms with van der Waals surface area (Å²) in [5.74, 6) is 0.482. The second-order valence-corrected chi connectivity index (χ2v) is 8.55. The number of hydrogen-bond donors (Lipinski definition) is 2. The van der Waals surface area contributed by atoms with Crippen LogP contribution in [-0.4, -0.2) is 36.4 Å². The summed E-state index contributed by atoms with van der Waals surface area (Å²) in [5, 5.41) is 11.7. The maximum atomic E-state index is 12.6. The Morgan fingerprint density at radius 2 is 1.97 bits per heavy atom. The number of H-pyrrole nitrogens is 1. The zero-order chi connectivity index (χ0) is 23.4. The number of thioether (sulfide) groups is 1. The molecule has 2 heterocycles. The molecule has 0 aliphatic rings. The monoisotopic (exact) mass is 460 g/mol. The Morgan fingerprint density at radius 3 is 2.76 bits per heavy atom. The van der Waals surface area contributed by atoms with Crippen LogP contribution in [-0.2, 0) is 11.2 Å². The topological polar surface area (TPSA) is 106 Å². The largest absolute Gasteiger partial charge is 0.325 e. The summed E-state index contributed by atoms with van der Waals surface area (Å²) in [7, 11) is 0. The van der Waals surface area contributed by atoms with Gasteiger partial charge in [0.05, 0.1) is 5.75 Å². The van der Waals surface area contributed by atoms with Crippen LogP contribution in [0.15, 0.2) is 64.8 Å². The summed E-state index contributed by atoms with van der Waals surface area (Å²) < 4.78 is 1.87. The minimum atomic E-state index is -0.199. The van der Waals surface area contributed by atoms with Crippen molar-refractivity contribution in [1.29, 1.82) is 0 Å². The SMILES string of the molecule is CCc1cc(=O)[nH]c(-c2cccc(NC(=O)CSc3nncn3-c3ccc(C)c(C)c3)c2)n1. The molecule has 9 heteroatoms. The molecule has 0 radical (unpaired) electrons. The number of aromatic amines is 1. The number of benzene rings is 2. The van der Waals surface area contributed by atoms with Crippen molar-refractivity contribution in [3.8, 4) is 17.1 Å². The van der Waals surface area contributed by atoms with Crippen molar-refractivity contribution >= 4 is 23.4 Å². The van der Waals surface area contributed by atoms with Gasteiger partial charge < -0.3 is 10.3 Å². The molecule has 2 N–H and O–H groups in total. The van der Waals surface area contributed by atoms with E-state index in [1.807, 2.05) is 29.7 Å². The Labute approximate surface area is 195 Å². The Hall–Kier alpha value is -3.72. The molecule has 0 aliphatic heterocycles. The Kier molecular flexibility index (Phi) is 6.69. The van der Waals surface area contributed by atoms with E-state index in [4.69, 9.17) is 0 Å². The molecule has 0 bridgehead atoms. The number of hydrogen-bond acceptors (Lipinski definition) is 6. The quantitative estimate of drug-likeness (QED) is 0.405. The van der Waals surface area contributed by atoms with Crippen LogP contribution in [0.5, 0.6) is 0 Å². The lowest BCUT2D eigenvalue weighted by atomic mass is 10.1. The van der Waals surface area contributed by atoms with Crippen LogP contribution in [0.4, 0.5) is 5.69 Å². The third kappa shape index (κ3) is 5.38. The van der Waals surface area contributed by atoms with E-state index in [2.05, 4.69) is 51.5 Å². The van der Waals surface area contributed by atoms with E-state index >= 15 is 0 Å². The molecule has 8 nitrogen and oxygen atoms in total. The smallest absolute Gasteiger partial charge is 0.251 e. The van der Waals surface area contributed by atoms with Gasteiger partial charge in [0.1, 0.15) is 12.2 Å². The molecule has 168 valence electrons. The van der Waals surface area contributed by atoms with Crippen LogP contribution >= 0.6 is 11.8 Å². The molecule has 0 atom stereocenters. The van der Waals surface area contributed by atoms with E-state index in [0.717, 1.165) is 11.3 Å². The summed E-state index contributed by atoms with van der Waals surface area (Å²) in [4.78, 5) is 31.7. The molecule has 2 aromatic heterocycles. The zero-order valence-corrected chi connectivity index (χ0v) is 19.4. The minimum absolute atomic E-state index is 0.171. The van der Waals surface area contributed by atoms with E-state index in [1.165, 1.54) is 29.0 Å². The maximum absolute atomic E-state index is 12.6. The summed E-state index contributed by atoms with van der Waals surface area (Å²) >= 11 is 1.31. The van der Waals surface area contributed by atoms with E-state index < -0.39 is 0 Å². The molecule has 4 aromatic rings. The van der Waals surface area contributed by atoms with Gasteiger partial charge in [0, 0.05) is 28.7 Å². The number of nitrogens with one attached hydrogen (secondary N) is 2. The number of amides is 1. The minimum Gasteiger partial charge on any atom is -0.325 e. The summed E-state index contributed by atoms with van der Waals surface area (Å²) in [6.07, 6.45) is 2.31. The van der Waals surface area contributed by atoms with Gasteiger partial charge in [-0.25, -0.2) is 4.98 Å². The lowest BCUT2D eigenvalue weighted by Gasteiger charge is -2.09. The van der Waals surface area contributed by atoms with Crippen LogP contribution < -0.4 is 10.9 Å². The van der Waals surface area contributed by atoms with Crippen molar-refractivity contribution in [3.05, 3.63) is 82.0 Å². The first-order valence-electron chi connectivity index (χ1n) is 10.5. The van der Waals surface area contributed by atoms with Gasteiger partial charge in [-0.05, 0) is 55.7 Å². The molecule has 33 heavy (non-hydrogen) atoms. The van der Waals surface area contributed by atoms with E-state index in [9.17, 15) is 9.59 Å². The van der Waals surface area contributed by atoms with Crippen molar-refractivity contribution < 1.29 is 4.79 Å². The lowest BCUT2D eigenvalue weighted by Crippen LogP contribution is -2.15. The average molecular weight is 461 g/mol.